The summed E-state index contributed by atoms with van der Waals surface area (Å²) in [5.41, 5.74) is 0.899. The van der Waals surface area contributed by atoms with Crippen molar-refractivity contribution in [3.8, 4) is 0 Å². The molecule has 94 valence electrons. The Morgan fingerprint density at radius 3 is 2.71 bits per heavy atom. The van der Waals surface area contributed by atoms with Crippen LogP contribution in [0.4, 0.5) is 4.79 Å². The summed E-state index contributed by atoms with van der Waals surface area (Å²) in [6.45, 7) is 5.55. The fourth-order valence-corrected chi connectivity index (χ4v) is 1.97. The lowest BCUT2D eigenvalue weighted by Crippen LogP contribution is -2.48. The van der Waals surface area contributed by atoms with Gasteiger partial charge in [-0.3, -0.25) is 4.90 Å². The second kappa shape index (κ2) is 5.18. The third kappa shape index (κ3) is 3.20. The first-order valence-electron chi connectivity index (χ1n) is 5.77. The summed E-state index contributed by atoms with van der Waals surface area (Å²) in [5.74, 6) is 0.892. The molecule has 0 atom stereocenters. The van der Waals surface area contributed by atoms with E-state index in [1.165, 1.54) is 4.90 Å². The first kappa shape index (κ1) is 11.9. The van der Waals surface area contributed by atoms with Gasteiger partial charge in [0.25, 0.3) is 0 Å². The Kier molecular flexibility index (Phi) is 3.63. The maximum absolute atomic E-state index is 10.7. The maximum Gasteiger partial charge on any atom is 0.407 e. The van der Waals surface area contributed by atoms with Crippen molar-refractivity contribution in [3.05, 3.63) is 17.5 Å². The van der Waals surface area contributed by atoms with Crippen LogP contribution >= 0.6 is 0 Å². The van der Waals surface area contributed by atoms with Gasteiger partial charge in [0.1, 0.15) is 5.76 Å². The van der Waals surface area contributed by atoms with E-state index in [4.69, 9.17) is 9.63 Å². The quantitative estimate of drug-likeness (QED) is 0.845. The second-order valence-electron chi connectivity index (χ2n) is 4.30. The molecular formula is C11H17N3O3. The minimum atomic E-state index is -0.824. The molecule has 0 aromatic carbocycles. The molecule has 0 bridgehead atoms. The smallest absolute Gasteiger partial charge is 0.407 e. The Morgan fingerprint density at radius 1 is 1.47 bits per heavy atom. The van der Waals surface area contributed by atoms with Crippen molar-refractivity contribution in [1.82, 2.24) is 15.0 Å². The second-order valence-corrected chi connectivity index (χ2v) is 4.30. The Labute approximate surface area is 99.8 Å². The van der Waals surface area contributed by atoms with Crippen LogP contribution in [0.25, 0.3) is 0 Å². The maximum atomic E-state index is 10.7. The van der Waals surface area contributed by atoms with Gasteiger partial charge in [-0.25, -0.2) is 4.79 Å². The molecule has 6 nitrogen and oxygen atoms in total. The number of aromatic nitrogens is 1. The molecule has 0 spiro atoms. The molecule has 1 aromatic heterocycles. The number of nitrogens with zero attached hydrogens (tertiary/aromatic N) is 3. The van der Waals surface area contributed by atoms with Gasteiger partial charge in [-0.05, 0) is 6.92 Å². The highest BCUT2D eigenvalue weighted by Gasteiger charge is 2.20. The van der Waals surface area contributed by atoms with Crippen LogP contribution in [0.5, 0.6) is 0 Å². The lowest BCUT2D eigenvalue weighted by molar-refractivity contribution is 0.105. The summed E-state index contributed by atoms with van der Waals surface area (Å²) in [6.07, 6.45) is 0.00369. The largest absolute Gasteiger partial charge is 0.465 e. The molecule has 1 saturated heterocycles. The van der Waals surface area contributed by atoms with E-state index in [0.717, 1.165) is 37.5 Å². The van der Waals surface area contributed by atoms with Crippen molar-refractivity contribution >= 4 is 6.09 Å². The lowest BCUT2D eigenvalue weighted by Gasteiger charge is -2.32. The molecule has 1 aliphatic heterocycles. The van der Waals surface area contributed by atoms with Gasteiger partial charge in [0.2, 0.25) is 0 Å². The SMILES string of the molecule is Cc1cc(CCN2CCN(C(=O)O)CC2)on1. The van der Waals surface area contributed by atoms with Crippen LogP contribution in [0, 0.1) is 6.92 Å². The highest BCUT2D eigenvalue weighted by molar-refractivity contribution is 5.65. The number of rotatable bonds is 3. The van der Waals surface area contributed by atoms with Crippen LogP contribution in [0.2, 0.25) is 0 Å². The predicted molar refractivity (Wildman–Crippen MR) is 61.0 cm³/mol. The number of amides is 1. The van der Waals surface area contributed by atoms with E-state index in [1.807, 2.05) is 13.0 Å². The van der Waals surface area contributed by atoms with Gasteiger partial charge in [0, 0.05) is 45.2 Å². The third-order valence-corrected chi connectivity index (χ3v) is 2.99. The Morgan fingerprint density at radius 2 is 2.18 bits per heavy atom. The topological polar surface area (TPSA) is 69.8 Å². The minimum Gasteiger partial charge on any atom is -0.465 e. The summed E-state index contributed by atoms with van der Waals surface area (Å²) in [4.78, 5) is 14.4. The first-order chi connectivity index (χ1) is 8.15. The molecule has 6 heteroatoms. The summed E-state index contributed by atoms with van der Waals surface area (Å²) >= 11 is 0. The molecule has 17 heavy (non-hydrogen) atoms. The van der Waals surface area contributed by atoms with Gasteiger partial charge in [0.15, 0.2) is 0 Å². The molecule has 0 radical (unpaired) electrons. The van der Waals surface area contributed by atoms with E-state index in [1.54, 1.807) is 0 Å². The van der Waals surface area contributed by atoms with Crippen molar-refractivity contribution in [2.45, 2.75) is 13.3 Å². The van der Waals surface area contributed by atoms with Crippen molar-refractivity contribution in [1.29, 1.82) is 0 Å². The van der Waals surface area contributed by atoms with Crippen molar-refractivity contribution in [2.75, 3.05) is 32.7 Å². The average molecular weight is 239 g/mol. The summed E-state index contributed by atoms with van der Waals surface area (Å²) in [7, 11) is 0. The van der Waals surface area contributed by atoms with Crippen molar-refractivity contribution in [2.24, 2.45) is 0 Å². The summed E-state index contributed by atoms with van der Waals surface area (Å²) in [6, 6.07) is 1.94. The van der Waals surface area contributed by atoms with Crippen LogP contribution in [0.1, 0.15) is 11.5 Å². The molecule has 1 amide bonds. The van der Waals surface area contributed by atoms with E-state index in [0.29, 0.717) is 13.1 Å². The number of carboxylic acid groups (broad SMARTS) is 1. The Balaban J connectivity index is 1.73. The predicted octanol–water partition coefficient (Wildman–Crippen LogP) is 0.821. The molecule has 2 heterocycles. The van der Waals surface area contributed by atoms with E-state index in [-0.39, 0.29) is 0 Å². The fraction of sp³-hybridized carbons (Fsp3) is 0.636. The third-order valence-electron chi connectivity index (χ3n) is 2.99. The molecule has 1 aromatic rings. The van der Waals surface area contributed by atoms with E-state index >= 15 is 0 Å². The molecule has 1 N–H and O–H groups in total. The van der Waals surface area contributed by atoms with Gasteiger partial charge >= 0.3 is 6.09 Å². The molecule has 0 saturated carbocycles. The minimum absolute atomic E-state index is 0.588. The normalized spacial score (nSPS) is 17.4. The molecule has 1 fully saturated rings. The molecule has 0 unspecified atom stereocenters. The van der Waals surface area contributed by atoms with Gasteiger partial charge in [-0.15, -0.1) is 0 Å². The van der Waals surface area contributed by atoms with Crippen molar-refractivity contribution in [3.63, 3.8) is 0 Å². The van der Waals surface area contributed by atoms with Gasteiger partial charge in [0.05, 0.1) is 5.69 Å². The zero-order chi connectivity index (χ0) is 12.3. The molecule has 2 rings (SSSR count). The van der Waals surface area contributed by atoms with E-state index in [2.05, 4.69) is 10.1 Å². The monoisotopic (exact) mass is 239 g/mol. The Hall–Kier alpha value is -1.56. The zero-order valence-corrected chi connectivity index (χ0v) is 9.93. The van der Waals surface area contributed by atoms with Crippen LogP contribution in [0.15, 0.2) is 10.6 Å². The zero-order valence-electron chi connectivity index (χ0n) is 9.93. The van der Waals surface area contributed by atoms with E-state index in [9.17, 15) is 4.79 Å². The molecular weight excluding hydrogens is 222 g/mol. The standard InChI is InChI=1S/C11H17N3O3/c1-9-8-10(17-12-9)2-3-13-4-6-14(7-5-13)11(15)16/h8H,2-7H2,1H3,(H,15,16). The average Bonchev–Trinajstić information content (AvgIpc) is 2.73. The number of hydrogen-bond donors (Lipinski definition) is 1. The number of piperazine rings is 1. The summed E-state index contributed by atoms with van der Waals surface area (Å²) in [5, 5.41) is 12.7. The van der Waals surface area contributed by atoms with Crippen molar-refractivity contribution < 1.29 is 14.4 Å². The first-order valence-corrected chi connectivity index (χ1v) is 5.77. The van der Waals surface area contributed by atoms with Crippen LogP contribution in [-0.2, 0) is 6.42 Å². The number of hydrogen-bond acceptors (Lipinski definition) is 4. The lowest BCUT2D eigenvalue weighted by atomic mass is 10.2. The highest BCUT2D eigenvalue weighted by atomic mass is 16.5. The van der Waals surface area contributed by atoms with E-state index < -0.39 is 6.09 Å². The van der Waals surface area contributed by atoms with Crippen LogP contribution < -0.4 is 0 Å². The highest BCUT2D eigenvalue weighted by Crippen LogP contribution is 2.06. The Bertz CT molecular complexity index is 383. The van der Waals surface area contributed by atoms with Crippen LogP contribution in [-0.4, -0.2) is 58.9 Å². The van der Waals surface area contributed by atoms with Gasteiger partial charge < -0.3 is 14.5 Å². The van der Waals surface area contributed by atoms with Gasteiger partial charge in [-0.2, -0.15) is 0 Å². The fourth-order valence-electron chi connectivity index (χ4n) is 1.97. The molecule has 0 aliphatic carbocycles. The number of aryl methyl sites for hydroxylation is 1. The number of carbonyl (C=O) groups is 1. The van der Waals surface area contributed by atoms with Crippen LogP contribution in [0.3, 0.4) is 0 Å². The molecule has 1 aliphatic rings. The van der Waals surface area contributed by atoms with Gasteiger partial charge in [-0.1, -0.05) is 5.16 Å². The summed E-state index contributed by atoms with van der Waals surface area (Å²) < 4.78 is 5.13.